The van der Waals surface area contributed by atoms with E-state index < -0.39 is 5.97 Å². The molecule has 0 atom stereocenters. The molecular formula is C21H23N3O2. The van der Waals surface area contributed by atoms with E-state index in [2.05, 4.69) is 16.0 Å². The molecule has 3 aromatic rings. The van der Waals surface area contributed by atoms with Crippen molar-refractivity contribution >= 4 is 22.6 Å². The normalized spacial score (nSPS) is 14.7. The number of piperidine rings is 1. The third-order valence-electron chi connectivity index (χ3n) is 5.12. The molecule has 1 aromatic carbocycles. The zero-order chi connectivity index (χ0) is 18.1. The van der Waals surface area contributed by atoms with Crippen molar-refractivity contribution in [1.82, 2.24) is 9.55 Å². The first kappa shape index (κ1) is 16.6. The summed E-state index contributed by atoms with van der Waals surface area (Å²) in [4.78, 5) is 18.6. The number of hydrogen-bond donors (Lipinski definition) is 1. The summed E-state index contributed by atoms with van der Waals surface area (Å²) in [7, 11) is 0. The van der Waals surface area contributed by atoms with Crippen LogP contribution >= 0.6 is 0 Å². The van der Waals surface area contributed by atoms with Gasteiger partial charge in [-0.2, -0.15) is 0 Å². The van der Waals surface area contributed by atoms with Gasteiger partial charge in [-0.3, -0.25) is 4.98 Å². The number of aryl methyl sites for hydroxylation is 1. The molecular weight excluding hydrogens is 326 g/mol. The number of hydrogen-bond acceptors (Lipinski definition) is 3. The fraction of sp³-hybridized carbons (Fsp3) is 0.333. The Labute approximate surface area is 152 Å². The largest absolute Gasteiger partial charge is 0.477 e. The average molecular weight is 349 g/mol. The summed E-state index contributed by atoms with van der Waals surface area (Å²) in [5, 5.41) is 10.6. The molecule has 1 aliphatic rings. The van der Waals surface area contributed by atoms with Crippen molar-refractivity contribution < 1.29 is 9.90 Å². The number of carboxylic acid groups (broad SMARTS) is 1. The number of carboxylic acids is 1. The molecule has 0 aliphatic carbocycles. The van der Waals surface area contributed by atoms with Gasteiger partial charge in [0.25, 0.3) is 0 Å². The molecule has 2 aromatic heterocycles. The van der Waals surface area contributed by atoms with Gasteiger partial charge in [0.2, 0.25) is 0 Å². The first-order chi connectivity index (χ1) is 12.6. The quantitative estimate of drug-likeness (QED) is 0.771. The van der Waals surface area contributed by atoms with E-state index in [4.69, 9.17) is 0 Å². The number of fused-ring (bicyclic) bond motifs is 1. The van der Waals surface area contributed by atoms with Crippen LogP contribution in [0.5, 0.6) is 0 Å². The van der Waals surface area contributed by atoms with Gasteiger partial charge in [-0.05, 0) is 56.5 Å². The van der Waals surface area contributed by atoms with Crippen molar-refractivity contribution in [3.8, 4) is 0 Å². The summed E-state index contributed by atoms with van der Waals surface area (Å²) in [6.07, 6.45) is 5.57. The zero-order valence-electron chi connectivity index (χ0n) is 15.0. The molecule has 1 fully saturated rings. The molecule has 0 amide bonds. The number of aromatic nitrogens is 2. The van der Waals surface area contributed by atoms with Crippen LogP contribution in [0.15, 0.2) is 42.6 Å². The Morgan fingerprint density at radius 2 is 1.92 bits per heavy atom. The molecule has 1 saturated heterocycles. The Morgan fingerprint density at radius 3 is 2.69 bits per heavy atom. The van der Waals surface area contributed by atoms with Crippen LogP contribution in [-0.2, 0) is 6.54 Å². The molecule has 0 saturated carbocycles. The van der Waals surface area contributed by atoms with Crippen LogP contribution in [0.3, 0.4) is 0 Å². The fourth-order valence-electron chi connectivity index (χ4n) is 3.80. The van der Waals surface area contributed by atoms with Crippen LogP contribution in [0.2, 0.25) is 0 Å². The van der Waals surface area contributed by atoms with Crippen molar-refractivity contribution in [3.05, 3.63) is 59.5 Å². The lowest BCUT2D eigenvalue weighted by atomic mass is 10.1. The maximum Gasteiger partial charge on any atom is 0.352 e. The topological polar surface area (TPSA) is 58.4 Å². The first-order valence-corrected chi connectivity index (χ1v) is 9.15. The summed E-state index contributed by atoms with van der Waals surface area (Å²) in [6.45, 7) is 4.63. The summed E-state index contributed by atoms with van der Waals surface area (Å²) < 4.78 is 1.85. The highest BCUT2D eigenvalue weighted by atomic mass is 16.4. The Bertz CT molecular complexity index is 955. The maximum absolute atomic E-state index is 11.7. The van der Waals surface area contributed by atoms with Gasteiger partial charge in [0.05, 0.1) is 12.2 Å². The second kappa shape index (κ2) is 6.83. The molecule has 5 nitrogen and oxygen atoms in total. The molecule has 0 spiro atoms. The fourth-order valence-corrected chi connectivity index (χ4v) is 3.80. The molecule has 0 bridgehead atoms. The molecule has 1 aliphatic heterocycles. The van der Waals surface area contributed by atoms with Gasteiger partial charge in [-0.15, -0.1) is 0 Å². The second-order valence-corrected chi connectivity index (χ2v) is 7.04. The Hall–Kier alpha value is -2.82. The van der Waals surface area contributed by atoms with Gasteiger partial charge in [0, 0.05) is 35.9 Å². The van der Waals surface area contributed by atoms with Crippen molar-refractivity contribution in [3.63, 3.8) is 0 Å². The summed E-state index contributed by atoms with van der Waals surface area (Å²) in [5.74, 6) is -0.911. The minimum absolute atomic E-state index is 0.302. The number of anilines is 1. The third-order valence-corrected chi connectivity index (χ3v) is 5.12. The molecule has 1 N–H and O–H groups in total. The van der Waals surface area contributed by atoms with Crippen molar-refractivity contribution in [2.45, 2.75) is 32.7 Å². The van der Waals surface area contributed by atoms with E-state index in [1.165, 1.54) is 24.9 Å². The number of benzene rings is 1. The predicted octanol–water partition coefficient (Wildman–Crippen LogP) is 4.08. The van der Waals surface area contributed by atoms with Crippen LogP contribution in [0.25, 0.3) is 10.9 Å². The number of aromatic carboxylic acids is 1. The van der Waals surface area contributed by atoms with Gasteiger partial charge < -0.3 is 14.6 Å². The molecule has 4 rings (SSSR count). The molecule has 3 heterocycles. The Kier molecular flexibility index (Phi) is 4.37. The number of carbonyl (C=O) groups is 1. The lowest BCUT2D eigenvalue weighted by Crippen LogP contribution is -2.29. The standard InChI is InChI=1S/C21H23N3O2/c1-15-5-6-19-16(11-15)12-20(21(25)26)24(19)14-17-13-18(7-8-22-17)23-9-3-2-4-10-23/h5-8,11-13H,2-4,9-10,14H2,1H3,(H,25,26). The predicted molar refractivity (Wildman–Crippen MR) is 103 cm³/mol. The molecule has 5 heteroatoms. The van der Waals surface area contributed by atoms with Gasteiger partial charge in [0.15, 0.2) is 0 Å². The number of nitrogens with zero attached hydrogens (tertiary/aromatic N) is 3. The molecule has 0 radical (unpaired) electrons. The van der Waals surface area contributed by atoms with Gasteiger partial charge in [-0.1, -0.05) is 11.6 Å². The Balaban J connectivity index is 1.70. The minimum Gasteiger partial charge on any atom is -0.477 e. The van der Waals surface area contributed by atoms with E-state index in [0.717, 1.165) is 35.2 Å². The van der Waals surface area contributed by atoms with Gasteiger partial charge >= 0.3 is 5.97 Å². The monoisotopic (exact) mass is 349 g/mol. The summed E-state index contributed by atoms with van der Waals surface area (Å²) in [5.41, 5.74) is 4.42. The maximum atomic E-state index is 11.7. The van der Waals surface area contributed by atoms with Crippen LogP contribution in [0, 0.1) is 6.92 Å². The van der Waals surface area contributed by atoms with Crippen LogP contribution in [0.4, 0.5) is 5.69 Å². The van der Waals surface area contributed by atoms with E-state index >= 15 is 0 Å². The number of rotatable bonds is 4. The third kappa shape index (κ3) is 3.17. The van der Waals surface area contributed by atoms with Gasteiger partial charge in [-0.25, -0.2) is 4.79 Å². The highest BCUT2D eigenvalue weighted by molar-refractivity contribution is 5.94. The van der Waals surface area contributed by atoms with Crippen molar-refractivity contribution in [2.75, 3.05) is 18.0 Å². The highest BCUT2D eigenvalue weighted by Crippen LogP contribution is 2.24. The van der Waals surface area contributed by atoms with E-state index in [1.54, 1.807) is 6.07 Å². The lowest BCUT2D eigenvalue weighted by molar-refractivity contribution is 0.0686. The lowest BCUT2D eigenvalue weighted by Gasteiger charge is -2.29. The van der Waals surface area contributed by atoms with Crippen LogP contribution < -0.4 is 4.90 Å². The summed E-state index contributed by atoms with van der Waals surface area (Å²) >= 11 is 0. The molecule has 134 valence electrons. The first-order valence-electron chi connectivity index (χ1n) is 9.15. The van der Waals surface area contributed by atoms with Crippen LogP contribution in [0.1, 0.15) is 41.0 Å². The Morgan fingerprint density at radius 1 is 1.12 bits per heavy atom. The highest BCUT2D eigenvalue weighted by Gasteiger charge is 2.16. The van der Waals surface area contributed by atoms with Gasteiger partial charge in [0.1, 0.15) is 5.69 Å². The van der Waals surface area contributed by atoms with Crippen LogP contribution in [-0.4, -0.2) is 33.7 Å². The van der Waals surface area contributed by atoms with E-state index in [-0.39, 0.29) is 0 Å². The van der Waals surface area contributed by atoms with E-state index in [1.807, 2.05) is 42.0 Å². The molecule has 0 unspecified atom stereocenters. The molecule has 26 heavy (non-hydrogen) atoms. The second-order valence-electron chi connectivity index (χ2n) is 7.04. The zero-order valence-corrected chi connectivity index (χ0v) is 15.0. The van der Waals surface area contributed by atoms with Crippen molar-refractivity contribution in [1.29, 1.82) is 0 Å². The van der Waals surface area contributed by atoms with E-state index in [0.29, 0.717) is 12.2 Å². The SMILES string of the molecule is Cc1ccc2c(c1)cc(C(=O)O)n2Cc1cc(N2CCCCC2)ccn1. The van der Waals surface area contributed by atoms with E-state index in [9.17, 15) is 9.90 Å². The number of pyridine rings is 1. The minimum atomic E-state index is -0.911. The van der Waals surface area contributed by atoms with Crippen molar-refractivity contribution in [2.24, 2.45) is 0 Å². The smallest absolute Gasteiger partial charge is 0.352 e. The summed E-state index contributed by atoms with van der Waals surface area (Å²) in [6, 6.07) is 11.9. The average Bonchev–Trinajstić information content (AvgIpc) is 3.00.